The molecule has 3 nitrogen and oxygen atoms in total. The summed E-state index contributed by atoms with van der Waals surface area (Å²) in [6, 6.07) is 8.25. The molecule has 1 saturated heterocycles. The van der Waals surface area contributed by atoms with E-state index in [9.17, 15) is 0 Å². The molecule has 0 amide bonds. The number of nitrogens with zero attached hydrogens (tertiary/aromatic N) is 2. The molecule has 1 heterocycles. The monoisotopic (exact) mass is 216 g/mol. The van der Waals surface area contributed by atoms with Crippen LogP contribution in [0.1, 0.15) is 18.5 Å². The van der Waals surface area contributed by atoms with Gasteiger partial charge in [-0.3, -0.25) is 0 Å². The van der Waals surface area contributed by atoms with Gasteiger partial charge < -0.3 is 14.5 Å². The standard InChI is InChI=1S/C13H16N2O/c1-11(14-2)12-3-5-13(6-4-12)15-7-9-16-10-8-15/h3-6,11H,7-10H2,1H3. The van der Waals surface area contributed by atoms with E-state index in [0.29, 0.717) is 0 Å². The number of benzene rings is 1. The Bertz CT molecular complexity index is 374. The molecule has 1 aliphatic heterocycles. The largest absolute Gasteiger partial charge is 0.378 e. The molecule has 0 aliphatic carbocycles. The minimum absolute atomic E-state index is 0.0428. The van der Waals surface area contributed by atoms with Crippen molar-refractivity contribution in [2.45, 2.75) is 13.0 Å². The van der Waals surface area contributed by atoms with Gasteiger partial charge in [0.05, 0.1) is 13.2 Å². The highest BCUT2D eigenvalue weighted by Crippen LogP contribution is 2.21. The SMILES string of the molecule is [C-]#[N+]C(C)c1ccc(N2CCOCC2)cc1. The average Bonchev–Trinajstić information content (AvgIpc) is 2.39. The van der Waals surface area contributed by atoms with Gasteiger partial charge in [-0.25, -0.2) is 6.57 Å². The van der Waals surface area contributed by atoms with Gasteiger partial charge in [-0.15, -0.1) is 0 Å². The third-order valence-electron chi connectivity index (χ3n) is 2.95. The third kappa shape index (κ3) is 2.34. The van der Waals surface area contributed by atoms with Gasteiger partial charge in [-0.1, -0.05) is 0 Å². The molecule has 1 unspecified atom stereocenters. The molecule has 1 aromatic rings. The molecule has 1 aromatic carbocycles. The average molecular weight is 216 g/mol. The Balaban J connectivity index is 2.09. The Labute approximate surface area is 96.5 Å². The molecule has 0 spiro atoms. The summed E-state index contributed by atoms with van der Waals surface area (Å²) in [7, 11) is 0. The van der Waals surface area contributed by atoms with Crippen molar-refractivity contribution >= 4 is 5.69 Å². The van der Waals surface area contributed by atoms with Crippen LogP contribution in [0.3, 0.4) is 0 Å². The zero-order valence-corrected chi connectivity index (χ0v) is 9.52. The van der Waals surface area contributed by atoms with E-state index in [2.05, 4.69) is 21.9 Å². The summed E-state index contributed by atoms with van der Waals surface area (Å²) in [5.74, 6) is 0. The first kappa shape index (κ1) is 11.0. The molecule has 0 N–H and O–H groups in total. The minimum Gasteiger partial charge on any atom is -0.378 e. The van der Waals surface area contributed by atoms with E-state index < -0.39 is 0 Å². The first-order valence-electron chi connectivity index (χ1n) is 5.60. The maximum atomic E-state index is 6.99. The molecule has 0 radical (unpaired) electrons. The van der Waals surface area contributed by atoms with Gasteiger partial charge in [0, 0.05) is 31.3 Å². The van der Waals surface area contributed by atoms with Crippen LogP contribution < -0.4 is 4.90 Å². The van der Waals surface area contributed by atoms with Crippen molar-refractivity contribution in [1.29, 1.82) is 0 Å². The molecule has 1 aliphatic rings. The fourth-order valence-electron chi connectivity index (χ4n) is 1.86. The molecule has 0 aromatic heterocycles. The van der Waals surface area contributed by atoms with E-state index in [1.54, 1.807) is 0 Å². The van der Waals surface area contributed by atoms with E-state index in [1.165, 1.54) is 5.69 Å². The lowest BCUT2D eigenvalue weighted by Crippen LogP contribution is -2.36. The fourth-order valence-corrected chi connectivity index (χ4v) is 1.86. The van der Waals surface area contributed by atoms with Crippen molar-refractivity contribution in [3.05, 3.63) is 41.2 Å². The number of ether oxygens (including phenoxy) is 1. The molecule has 1 atom stereocenters. The zero-order valence-electron chi connectivity index (χ0n) is 9.52. The van der Waals surface area contributed by atoms with E-state index in [0.717, 1.165) is 31.9 Å². The van der Waals surface area contributed by atoms with Crippen molar-refractivity contribution < 1.29 is 4.74 Å². The van der Waals surface area contributed by atoms with Crippen LogP contribution in [0.25, 0.3) is 4.85 Å². The number of anilines is 1. The van der Waals surface area contributed by atoms with Crippen molar-refractivity contribution in [1.82, 2.24) is 0 Å². The van der Waals surface area contributed by atoms with Crippen LogP contribution in [-0.4, -0.2) is 26.3 Å². The van der Waals surface area contributed by atoms with E-state index >= 15 is 0 Å². The molecular formula is C13H16N2O. The van der Waals surface area contributed by atoms with E-state index in [4.69, 9.17) is 11.3 Å². The molecule has 16 heavy (non-hydrogen) atoms. The lowest BCUT2D eigenvalue weighted by molar-refractivity contribution is 0.122. The molecule has 0 bridgehead atoms. The summed E-state index contributed by atoms with van der Waals surface area (Å²) in [6.45, 7) is 12.4. The summed E-state index contributed by atoms with van der Waals surface area (Å²) < 4.78 is 5.32. The number of hydrogen-bond donors (Lipinski definition) is 0. The second-order valence-electron chi connectivity index (χ2n) is 4.00. The lowest BCUT2D eigenvalue weighted by Gasteiger charge is -2.28. The van der Waals surface area contributed by atoms with Gasteiger partial charge in [0.25, 0.3) is 0 Å². The van der Waals surface area contributed by atoms with Crippen molar-refractivity contribution in [3.63, 3.8) is 0 Å². The quantitative estimate of drug-likeness (QED) is 0.706. The van der Waals surface area contributed by atoms with Crippen LogP contribution in [0.15, 0.2) is 24.3 Å². The van der Waals surface area contributed by atoms with Crippen molar-refractivity contribution in [2.75, 3.05) is 31.2 Å². The normalized spacial score (nSPS) is 17.9. The van der Waals surface area contributed by atoms with Crippen LogP contribution in [0.5, 0.6) is 0 Å². The topological polar surface area (TPSA) is 16.8 Å². The van der Waals surface area contributed by atoms with Gasteiger partial charge in [0.15, 0.2) is 0 Å². The molecular weight excluding hydrogens is 200 g/mol. The Morgan fingerprint density at radius 3 is 2.44 bits per heavy atom. The molecule has 1 fully saturated rings. The molecule has 84 valence electrons. The summed E-state index contributed by atoms with van der Waals surface area (Å²) >= 11 is 0. The predicted octanol–water partition coefficient (Wildman–Crippen LogP) is 2.50. The van der Waals surface area contributed by atoms with Crippen LogP contribution in [0.2, 0.25) is 0 Å². The smallest absolute Gasteiger partial charge is 0.245 e. The van der Waals surface area contributed by atoms with E-state index in [1.807, 2.05) is 19.1 Å². The Hall–Kier alpha value is -1.53. The summed E-state index contributed by atoms with van der Waals surface area (Å²) in [6.07, 6.45) is 0. The van der Waals surface area contributed by atoms with Gasteiger partial charge in [-0.05, 0) is 24.3 Å². The maximum Gasteiger partial charge on any atom is 0.245 e. The van der Waals surface area contributed by atoms with Crippen LogP contribution in [-0.2, 0) is 4.74 Å². The second-order valence-corrected chi connectivity index (χ2v) is 4.00. The molecule has 0 saturated carbocycles. The van der Waals surface area contributed by atoms with Crippen LogP contribution in [0, 0.1) is 6.57 Å². The van der Waals surface area contributed by atoms with Gasteiger partial charge in [0.2, 0.25) is 6.04 Å². The highest BCUT2D eigenvalue weighted by molar-refractivity contribution is 5.48. The number of morpholine rings is 1. The fraction of sp³-hybridized carbons (Fsp3) is 0.462. The molecule has 2 rings (SSSR count). The van der Waals surface area contributed by atoms with Crippen LogP contribution in [0.4, 0.5) is 5.69 Å². The summed E-state index contributed by atoms with van der Waals surface area (Å²) in [5.41, 5.74) is 2.32. The summed E-state index contributed by atoms with van der Waals surface area (Å²) in [5, 5.41) is 0. The highest BCUT2D eigenvalue weighted by atomic mass is 16.5. The number of rotatable bonds is 2. The molecule has 3 heteroatoms. The first-order valence-corrected chi connectivity index (χ1v) is 5.60. The lowest BCUT2D eigenvalue weighted by atomic mass is 10.1. The third-order valence-corrected chi connectivity index (χ3v) is 2.95. The highest BCUT2D eigenvalue weighted by Gasteiger charge is 2.12. The zero-order chi connectivity index (χ0) is 11.4. The van der Waals surface area contributed by atoms with Crippen LogP contribution >= 0.6 is 0 Å². The van der Waals surface area contributed by atoms with Crippen molar-refractivity contribution in [3.8, 4) is 0 Å². The Morgan fingerprint density at radius 1 is 1.25 bits per heavy atom. The Morgan fingerprint density at radius 2 is 1.88 bits per heavy atom. The van der Waals surface area contributed by atoms with Gasteiger partial charge >= 0.3 is 0 Å². The van der Waals surface area contributed by atoms with Crippen molar-refractivity contribution in [2.24, 2.45) is 0 Å². The Kier molecular flexibility index (Phi) is 3.43. The first-order chi connectivity index (χ1) is 7.81. The summed E-state index contributed by atoms with van der Waals surface area (Å²) in [4.78, 5) is 5.83. The van der Waals surface area contributed by atoms with Gasteiger partial charge in [-0.2, -0.15) is 0 Å². The predicted molar refractivity (Wildman–Crippen MR) is 64.5 cm³/mol. The second kappa shape index (κ2) is 5.00. The minimum atomic E-state index is -0.0428. The number of hydrogen-bond acceptors (Lipinski definition) is 2. The van der Waals surface area contributed by atoms with E-state index in [-0.39, 0.29) is 6.04 Å². The maximum absolute atomic E-state index is 6.99. The van der Waals surface area contributed by atoms with Gasteiger partial charge in [0.1, 0.15) is 0 Å².